The molecule has 0 unspecified atom stereocenters. The van der Waals surface area contributed by atoms with Gasteiger partial charge < -0.3 is 14.6 Å². The highest BCUT2D eigenvalue weighted by Gasteiger charge is 2.12. The van der Waals surface area contributed by atoms with E-state index in [1.165, 1.54) is 16.5 Å². The smallest absolute Gasteiger partial charge is 0.0641 e. The molecule has 19 heavy (non-hydrogen) atoms. The summed E-state index contributed by atoms with van der Waals surface area (Å²) in [4.78, 5) is 0. The van der Waals surface area contributed by atoms with E-state index in [2.05, 4.69) is 61.1 Å². The lowest BCUT2D eigenvalue weighted by atomic mass is 10.1. The van der Waals surface area contributed by atoms with E-state index in [-0.39, 0.29) is 5.54 Å². The number of benzene rings is 1. The zero-order valence-corrected chi connectivity index (χ0v) is 12.4. The normalized spacial score (nSPS) is 12.2. The van der Waals surface area contributed by atoms with Crippen LogP contribution in [0.4, 0.5) is 0 Å². The fourth-order valence-electron chi connectivity index (χ4n) is 2.20. The lowest BCUT2D eigenvalue weighted by Gasteiger charge is -2.20. The molecule has 104 valence electrons. The maximum Gasteiger partial charge on any atom is 0.0641 e. The molecule has 0 saturated carbocycles. The molecular formula is C16H24N2O. The molecule has 1 aromatic carbocycles. The zero-order chi connectivity index (χ0) is 13.9. The largest absolute Gasteiger partial charge is 0.383 e. The van der Waals surface area contributed by atoms with Gasteiger partial charge in [-0.3, -0.25) is 0 Å². The number of para-hydroxylation sites is 1. The molecule has 0 aliphatic carbocycles. The van der Waals surface area contributed by atoms with E-state index >= 15 is 0 Å². The molecule has 1 heterocycles. The predicted molar refractivity (Wildman–Crippen MR) is 80.4 cm³/mol. The Labute approximate surface area is 115 Å². The van der Waals surface area contributed by atoms with Gasteiger partial charge in [-0.05, 0) is 32.4 Å². The Balaban J connectivity index is 2.28. The van der Waals surface area contributed by atoms with Crippen LogP contribution >= 0.6 is 0 Å². The molecule has 0 amide bonds. The topological polar surface area (TPSA) is 26.2 Å². The van der Waals surface area contributed by atoms with Gasteiger partial charge in [0.05, 0.1) is 6.61 Å². The van der Waals surface area contributed by atoms with E-state index in [1.807, 2.05) is 0 Å². The average molecular weight is 260 g/mol. The Kier molecular flexibility index (Phi) is 4.27. The molecule has 0 bridgehead atoms. The highest BCUT2D eigenvalue weighted by Crippen LogP contribution is 2.21. The fraction of sp³-hybridized carbons (Fsp3) is 0.500. The van der Waals surface area contributed by atoms with E-state index < -0.39 is 0 Å². The number of aromatic nitrogens is 1. The molecule has 0 atom stereocenters. The van der Waals surface area contributed by atoms with Gasteiger partial charge >= 0.3 is 0 Å². The Morgan fingerprint density at radius 3 is 2.63 bits per heavy atom. The summed E-state index contributed by atoms with van der Waals surface area (Å²) in [5, 5.41) is 4.88. The molecule has 0 aliphatic heterocycles. The highest BCUT2D eigenvalue weighted by atomic mass is 16.5. The summed E-state index contributed by atoms with van der Waals surface area (Å²) >= 11 is 0. The van der Waals surface area contributed by atoms with Crippen LogP contribution in [-0.2, 0) is 17.8 Å². The van der Waals surface area contributed by atoms with Crippen molar-refractivity contribution in [1.82, 2.24) is 9.88 Å². The van der Waals surface area contributed by atoms with E-state index in [4.69, 9.17) is 4.74 Å². The van der Waals surface area contributed by atoms with Gasteiger partial charge in [-0.1, -0.05) is 18.2 Å². The minimum atomic E-state index is 0.135. The summed E-state index contributed by atoms with van der Waals surface area (Å²) in [6, 6.07) is 8.56. The number of ether oxygens (including phenoxy) is 1. The number of hydrogen-bond acceptors (Lipinski definition) is 2. The van der Waals surface area contributed by atoms with Crippen molar-refractivity contribution in [2.75, 3.05) is 13.7 Å². The molecule has 3 heteroatoms. The van der Waals surface area contributed by atoms with Crippen LogP contribution in [0.15, 0.2) is 30.5 Å². The van der Waals surface area contributed by atoms with Gasteiger partial charge in [-0.25, -0.2) is 0 Å². The van der Waals surface area contributed by atoms with Crippen LogP contribution in [0, 0.1) is 0 Å². The van der Waals surface area contributed by atoms with Gasteiger partial charge in [0.15, 0.2) is 0 Å². The maximum atomic E-state index is 5.18. The Bertz CT molecular complexity index is 537. The van der Waals surface area contributed by atoms with Crippen molar-refractivity contribution in [3.8, 4) is 0 Å². The minimum Gasteiger partial charge on any atom is -0.383 e. The number of nitrogens with one attached hydrogen (secondary N) is 1. The molecule has 0 aliphatic rings. The van der Waals surface area contributed by atoms with Gasteiger partial charge in [0.2, 0.25) is 0 Å². The summed E-state index contributed by atoms with van der Waals surface area (Å²) in [5.41, 5.74) is 2.77. The molecule has 2 rings (SSSR count). The lowest BCUT2D eigenvalue weighted by molar-refractivity contribution is 0.188. The quantitative estimate of drug-likeness (QED) is 0.893. The number of fused-ring (bicyclic) bond motifs is 1. The van der Waals surface area contributed by atoms with Crippen LogP contribution in [0.2, 0.25) is 0 Å². The highest BCUT2D eigenvalue weighted by molar-refractivity contribution is 5.83. The Hall–Kier alpha value is -1.32. The summed E-state index contributed by atoms with van der Waals surface area (Å²) in [7, 11) is 1.74. The number of methoxy groups -OCH3 is 1. The van der Waals surface area contributed by atoms with Crippen molar-refractivity contribution < 1.29 is 4.74 Å². The van der Waals surface area contributed by atoms with Crippen molar-refractivity contribution in [1.29, 1.82) is 0 Å². The summed E-state index contributed by atoms with van der Waals surface area (Å²) in [6.07, 6.45) is 2.24. The monoisotopic (exact) mass is 260 g/mol. The van der Waals surface area contributed by atoms with Crippen molar-refractivity contribution in [2.45, 2.75) is 39.4 Å². The van der Waals surface area contributed by atoms with Gasteiger partial charge in [-0.15, -0.1) is 0 Å². The molecule has 0 spiro atoms. The van der Waals surface area contributed by atoms with E-state index in [0.717, 1.165) is 19.7 Å². The second-order valence-corrected chi connectivity index (χ2v) is 5.96. The standard InChI is InChI=1S/C16H24N2O/c1-16(2,3)17-11-13-12-18(9-10-19-4)15-8-6-5-7-14(13)15/h5-8,12,17H,9-11H2,1-4H3. The molecular weight excluding hydrogens is 236 g/mol. The lowest BCUT2D eigenvalue weighted by Crippen LogP contribution is -2.34. The molecule has 2 aromatic rings. The van der Waals surface area contributed by atoms with Gasteiger partial charge in [0, 0.05) is 42.8 Å². The second-order valence-electron chi connectivity index (χ2n) is 5.96. The molecule has 0 radical (unpaired) electrons. The third kappa shape index (κ3) is 3.58. The second kappa shape index (κ2) is 5.76. The van der Waals surface area contributed by atoms with Crippen molar-refractivity contribution in [3.05, 3.63) is 36.0 Å². The number of rotatable bonds is 5. The first-order valence-corrected chi connectivity index (χ1v) is 6.82. The van der Waals surface area contributed by atoms with Crippen molar-refractivity contribution >= 4 is 10.9 Å². The van der Waals surface area contributed by atoms with Gasteiger partial charge in [0.1, 0.15) is 0 Å². The molecule has 0 saturated heterocycles. The number of hydrogen-bond donors (Lipinski definition) is 1. The number of nitrogens with zero attached hydrogens (tertiary/aromatic N) is 1. The van der Waals surface area contributed by atoms with Crippen LogP contribution < -0.4 is 5.32 Å². The van der Waals surface area contributed by atoms with Crippen LogP contribution in [0.5, 0.6) is 0 Å². The summed E-state index contributed by atoms with van der Waals surface area (Å²) < 4.78 is 7.46. The average Bonchev–Trinajstić information content (AvgIpc) is 2.72. The van der Waals surface area contributed by atoms with E-state index in [0.29, 0.717) is 0 Å². The van der Waals surface area contributed by atoms with Gasteiger partial charge in [-0.2, -0.15) is 0 Å². The third-order valence-corrected chi connectivity index (χ3v) is 3.22. The Morgan fingerprint density at radius 1 is 1.21 bits per heavy atom. The fourth-order valence-corrected chi connectivity index (χ4v) is 2.20. The van der Waals surface area contributed by atoms with Crippen molar-refractivity contribution in [3.63, 3.8) is 0 Å². The first kappa shape index (κ1) is 14.1. The van der Waals surface area contributed by atoms with Crippen LogP contribution in [-0.4, -0.2) is 23.8 Å². The minimum absolute atomic E-state index is 0.135. The van der Waals surface area contributed by atoms with E-state index in [9.17, 15) is 0 Å². The molecule has 1 N–H and O–H groups in total. The third-order valence-electron chi connectivity index (χ3n) is 3.22. The summed E-state index contributed by atoms with van der Waals surface area (Å²) in [5.74, 6) is 0. The first-order valence-electron chi connectivity index (χ1n) is 6.82. The van der Waals surface area contributed by atoms with E-state index in [1.54, 1.807) is 7.11 Å². The molecule has 3 nitrogen and oxygen atoms in total. The molecule has 1 aromatic heterocycles. The van der Waals surface area contributed by atoms with Gasteiger partial charge in [0.25, 0.3) is 0 Å². The first-order chi connectivity index (χ1) is 9.01. The molecule has 0 fully saturated rings. The van der Waals surface area contributed by atoms with Crippen LogP contribution in [0.3, 0.4) is 0 Å². The zero-order valence-electron chi connectivity index (χ0n) is 12.4. The SMILES string of the molecule is COCCn1cc(CNC(C)(C)C)c2ccccc21. The summed E-state index contributed by atoms with van der Waals surface area (Å²) in [6.45, 7) is 9.10. The maximum absolute atomic E-state index is 5.18. The Morgan fingerprint density at radius 2 is 1.95 bits per heavy atom. The van der Waals surface area contributed by atoms with Crippen molar-refractivity contribution in [2.24, 2.45) is 0 Å². The van der Waals surface area contributed by atoms with Crippen LogP contribution in [0.25, 0.3) is 10.9 Å². The van der Waals surface area contributed by atoms with Crippen LogP contribution in [0.1, 0.15) is 26.3 Å². The predicted octanol–water partition coefficient (Wildman–Crippen LogP) is 3.18.